The van der Waals surface area contributed by atoms with Crippen molar-refractivity contribution in [2.75, 3.05) is 6.61 Å². The van der Waals surface area contributed by atoms with Crippen molar-refractivity contribution in [3.8, 4) is 0 Å². The summed E-state index contributed by atoms with van der Waals surface area (Å²) < 4.78 is 7.32. The van der Waals surface area contributed by atoms with Crippen molar-refractivity contribution in [1.82, 2.24) is 0 Å². The zero-order valence-corrected chi connectivity index (χ0v) is 15.6. The molecule has 0 spiro atoms. The summed E-state index contributed by atoms with van der Waals surface area (Å²) in [5.74, 6) is -0.296. The number of esters is 1. The normalized spacial score (nSPS) is 10.7. The molecule has 0 atom stereocenters. The predicted molar refractivity (Wildman–Crippen MR) is 95.8 cm³/mol. The molecule has 0 saturated carbocycles. The fraction of sp³-hybridized carbons (Fsp3) is 0.278. The number of hydrogen-bond acceptors (Lipinski definition) is 2. The zero-order chi connectivity index (χ0) is 15.9. The first-order valence-corrected chi connectivity index (χ1v) is 8.82. The van der Waals surface area contributed by atoms with Gasteiger partial charge in [0, 0.05) is 8.95 Å². The van der Waals surface area contributed by atoms with Crippen molar-refractivity contribution in [2.24, 2.45) is 5.92 Å². The molecule has 0 aliphatic rings. The monoisotopic (exact) mass is 424 g/mol. The Kier molecular flexibility index (Phi) is 6.65. The van der Waals surface area contributed by atoms with E-state index in [-0.39, 0.29) is 11.9 Å². The summed E-state index contributed by atoms with van der Waals surface area (Å²) in [6.07, 6.45) is 1.37. The van der Waals surface area contributed by atoms with Crippen LogP contribution in [0.25, 0.3) is 0 Å². The molecule has 2 rings (SSSR count). The van der Waals surface area contributed by atoms with Crippen LogP contribution in [0.2, 0.25) is 0 Å². The molecule has 0 aliphatic heterocycles. The quantitative estimate of drug-likeness (QED) is 0.596. The van der Waals surface area contributed by atoms with E-state index < -0.39 is 0 Å². The molecule has 0 amide bonds. The molecule has 22 heavy (non-hydrogen) atoms. The maximum atomic E-state index is 12.2. The second-order valence-electron chi connectivity index (χ2n) is 5.11. The Morgan fingerprint density at radius 1 is 0.909 bits per heavy atom. The summed E-state index contributed by atoms with van der Waals surface area (Å²) in [5, 5.41) is 0. The molecule has 4 heteroatoms. The standard InChI is InChI=1S/C18H18Br2O2/c1-2-22-18(21)15(11-13-3-7-16(19)8-4-13)12-14-5-9-17(20)10-6-14/h3-10,15H,2,11-12H2,1H3. The van der Waals surface area contributed by atoms with E-state index in [1.54, 1.807) is 0 Å². The number of rotatable bonds is 6. The minimum absolute atomic E-state index is 0.131. The third-order valence-corrected chi connectivity index (χ3v) is 4.47. The van der Waals surface area contributed by atoms with Gasteiger partial charge in [0.25, 0.3) is 0 Å². The number of hydrogen-bond donors (Lipinski definition) is 0. The van der Waals surface area contributed by atoms with E-state index in [1.807, 2.05) is 55.5 Å². The van der Waals surface area contributed by atoms with Gasteiger partial charge < -0.3 is 4.74 Å². The fourth-order valence-electron chi connectivity index (χ4n) is 2.31. The lowest BCUT2D eigenvalue weighted by Crippen LogP contribution is -2.22. The van der Waals surface area contributed by atoms with Gasteiger partial charge >= 0.3 is 5.97 Å². The molecular weight excluding hydrogens is 408 g/mol. The number of carbonyl (C=O) groups is 1. The van der Waals surface area contributed by atoms with Gasteiger partial charge in [-0.05, 0) is 55.2 Å². The second kappa shape index (κ2) is 8.49. The van der Waals surface area contributed by atoms with Gasteiger partial charge in [-0.15, -0.1) is 0 Å². The number of carbonyl (C=O) groups excluding carboxylic acids is 1. The first-order valence-electron chi connectivity index (χ1n) is 7.24. The lowest BCUT2D eigenvalue weighted by Gasteiger charge is -2.16. The third-order valence-electron chi connectivity index (χ3n) is 3.41. The molecule has 0 aliphatic carbocycles. The molecule has 0 aromatic heterocycles. The number of benzene rings is 2. The van der Waals surface area contributed by atoms with Crippen molar-refractivity contribution in [3.05, 3.63) is 68.6 Å². The molecule has 0 radical (unpaired) electrons. The molecule has 2 nitrogen and oxygen atoms in total. The first-order chi connectivity index (χ1) is 10.6. The van der Waals surface area contributed by atoms with Gasteiger partial charge in [-0.2, -0.15) is 0 Å². The maximum absolute atomic E-state index is 12.2. The van der Waals surface area contributed by atoms with Gasteiger partial charge in [0.15, 0.2) is 0 Å². The maximum Gasteiger partial charge on any atom is 0.309 e. The van der Waals surface area contributed by atoms with Crippen LogP contribution >= 0.6 is 31.9 Å². The van der Waals surface area contributed by atoms with Gasteiger partial charge in [0.2, 0.25) is 0 Å². The summed E-state index contributed by atoms with van der Waals surface area (Å²) in [4.78, 5) is 12.2. The van der Waals surface area contributed by atoms with E-state index in [0.717, 1.165) is 20.1 Å². The molecule has 116 valence electrons. The van der Waals surface area contributed by atoms with E-state index in [2.05, 4.69) is 31.9 Å². The van der Waals surface area contributed by atoms with Crippen molar-refractivity contribution < 1.29 is 9.53 Å². The molecule has 0 fully saturated rings. The van der Waals surface area contributed by atoms with Crippen LogP contribution in [0.4, 0.5) is 0 Å². The van der Waals surface area contributed by atoms with Crippen LogP contribution in [-0.2, 0) is 22.4 Å². The molecule has 2 aromatic carbocycles. The summed E-state index contributed by atoms with van der Waals surface area (Å²) in [6.45, 7) is 2.25. The van der Waals surface area contributed by atoms with E-state index >= 15 is 0 Å². The summed E-state index contributed by atoms with van der Waals surface area (Å²) in [6, 6.07) is 16.1. The van der Waals surface area contributed by atoms with Crippen molar-refractivity contribution in [2.45, 2.75) is 19.8 Å². The molecular formula is C18H18Br2O2. The van der Waals surface area contributed by atoms with Gasteiger partial charge in [-0.25, -0.2) is 0 Å². The summed E-state index contributed by atoms with van der Waals surface area (Å²) >= 11 is 6.86. The van der Waals surface area contributed by atoms with Crippen LogP contribution in [0, 0.1) is 5.92 Å². The van der Waals surface area contributed by atoms with Crippen LogP contribution in [0.3, 0.4) is 0 Å². The van der Waals surface area contributed by atoms with Crippen LogP contribution in [-0.4, -0.2) is 12.6 Å². The highest BCUT2D eigenvalue weighted by Gasteiger charge is 2.21. The topological polar surface area (TPSA) is 26.3 Å². The van der Waals surface area contributed by atoms with Gasteiger partial charge in [-0.3, -0.25) is 4.79 Å². The zero-order valence-electron chi connectivity index (χ0n) is 12.4. The minimum Gasteiger partial charge on any atom is -0.466 e. The molecule has 0 N–H and O–H groups in total. The van der Waals surface area contributed by atoms with Gasteiger partial charge in [-0.1, -0.05) is 56.1 Å². The van der Waals surface area contributed by atoms with Crippen LogP contribution in [0.15, 0.2) is 57.5 Å². The first kappa shape index (κ1) is 17.2. The van der Waals surface area contributed by atoms with Gasteiger partial charge in [0.05, 0.1) is 12.5 Å². The molecule has 0 bridgehead atoms. The van der Waals surface area contributed by atoms with E-state index in [1.165, 1.54) is 0 Å². The van der Waals surface area contributed by atoms with Crippen LogP contribution < -0.4 is 0 Å². The molecule has 0 unspecified atom stereocenters. The Bertz CT molecular complexity index is 558. The van der Waals surface area contributed by atoms with Crippen molar-refractivity contribution >= 4 is 37.8 Å². The Hall–Kier alpha value is -1.13. The lowest BCUT2D eigenvalue weighted by atomic mass is 9.92. The van der Waals surface area contributed by atoms with E-state index in [9.17, 15) is 4.79 Å². The largest absolute Gasteiger partial charge is 0.466 e. The molecule has 0 heterocycles. The second-order valence-corrected chi connectivity index (χ2v) is 6.94. The van der Waals surface area contributed by atoms with E-state index in [0.29, 0.717) is 19.4 Å². The SMILES string of the molecule is CCOC(=O)C(Cc1ccc(Br)cc1)Cc1ccc(Br)cc1. The average molecular weight is 426 g/mol. The predicted octanol–water partition coefficient (Wildman–Crippen LogP) is 5.18. The van der Waals surface area contributed by atoms with Crippen molar-refractivity contribution in [1.29, 1.82) is 0 Å². The average Bonchev–Trinajstić information content (AvgIpc) is 2.51. The molecule has 2 aromatic rings. The highest BCUT2D eigenvalue weighted by Crippen LogP contribution is 2.20. The summed E-state index contributed by atoms with van der Waals surface area (Å²) in [7, 11) is 0. The number of ether oxygens (including phenoxy) is 1. The number of halogens is 2. The molecule has 0 saturated heterocycles. The summed E-state index contributed by atoms with van der Waals surface area (Å²) in [5.41, 5.74) is 2.27. The van der Waals surface area contributed by atoms with Crippen LogP contribution in [0.1, 0.15) is 18.1 Å². The van der Waals surface area contributed by atoms with Crippen LogP contribution in [0.5, 0.6) is 0 Å². The fourth-order valence-corrected chi connectivity index (χ4v) is 2.84. The van der Waals surface area contributed by atoms with E-state index in [4.69, 9.17) is 4.74 Å². The Balaban J connectivity index is 2.13. The highest BCUT2D eigenvalue weighted by molar-refractivity contribution is 9.10. The minimum atomic E-state index is -0.165. The third kappa shape index (κ3) is 5.25. The smallest absolute Gasteiger partial charge is 0.309 e. The van der Waals surface area contributed by atoms with Crippen molar-refractivity contribution in [3.63, 3.8) is 0 Å². The Morgan fingerprint density at radius 2 is 1.32 bits per heavy atom. The highest BCUT2D eigenvalue weighted by atomic mass is 79.9. The van der Waals surface area contributed by atoms with Gasteiger partial charge in [0.1, 0.15) is 0 Å². The Labute approximate surface area is 148 Å². The lowest BCUT2D eigenvalue weighted by molar-refractivity contribution is -0.147. The Morgan fingerprint density at radius 3 is 1.68 bits per heavy atom.